The van der Waals surface area contributed by atoms with Gasteiger partial charge in [-0.1, -0.05) is 25.1 Å². The van der Waals surface area contributed by atoms with Crippen LogP contribution in [-0.2, 0) is 29.4 Å². The average molecular weight is 359 g/mol. The molecule has 2 aromatic rings. The molecule has 0 bridgehead atoms. The minimum atomic E-state index is -3.47. The molecule has 3 rings (SSSR count). The number of anilines is 1. The van der Waals surface area contributed by atoms with Gasteiger partial charge in [0, 0.05) is 32.9 Å². The summed E-state index contributed by atoms with van der Waals surface area (Å²) in [6.07, 6.45) is 3.16. The molecule has 2 aromatic carbocycles. The predicted octanol–water partition coefficient (Wildman–Crippen LogP) is 3.45. The van der Waals surface area contributed by atoms with Crippen molar-refractivity contribution in [2.75, 3.05) is 25.5 Å². The molecule has 0 unspecified atom stereocenters. The van der Waals surface area contributed by atoms with E-state index < -0.39 is 10.0 Å². The fraction of sp³-hybridized carbons (Fsp3) is 0.400. The summed E-state index contributed by atoms with van der Waals surface area (Å²) >= 11 is 0. The smallest absolute Gasteiger partial charge is 0.243 e. The van der Waals surface area contributed by atoms with Gasteiger partial charge < -0.3 is 4.90 Å². The molecule has 0 saturated carbocycles. The van der Waals surface area contributed by atoms with Gasteiger partial charge in [0.25, 0.3) is 0 Å². The second-order valence-corrected chi connectivity index (χ2v) is 8.71. The Balaban J connectivity index is 1.83. The lowest BCUT2D eigenvalue weighted by atomic mass is 10.1. The van der Waals surface area contributed by atoms with Gasteiger partial charge in [0.15, 0.2) is 0 Å². The van der Waals surface area contributed by atoms with Crippen LogP contribution < -0.4 is 4.90 Å². The zero-order valence-corrected chi connectivity index (χ0v) is 16.0. The zero-order chi connectivity index (χ0) is 18.0. The van der Waals surface area contributed by atoms with Gasteiger partial charge >= 0.3 is 0 Å². The maximum atomic E-state index is 13.1. The first kappa shape index (κ1) is 18.0. The van der Waals surface area contributed by atoms with Crippen molar-refractivity contribution in [2.45, 2.75) is 37.6 Å². The van der Waals surface area contributed by atoms with E-state index in [9.17, 15) is 8.42 Å². The van der Waals surface area contributed by atoms with E-state index in [2.05, 4.69) is 0 Å². The highest BCUT2D eigenvalue weighted by molar-refractivity contribution is 7.89. The molecule has 0 fully saturated rings. The van der Waals surface area contributed by atoms with Crippen LogP contribution in [0.2, 0.25) is 0 Å². The maximum Gasteiger partial charge on any atom is 0.243 e. The van der Waals surface area contributed by atoms with Gasteiger partial charge in [-0.05, 0) is 60.2 Å². The highest BCUT2D eigenvalue weighted by atomic mass is 32.2. The van der Waals surface area contributed by atoms with E-state index in [1.807, 2.05) is 62.3 Å². The fourth-order valence-corrected chi connectivity index (χ4v) is 4.82. The van der Waals surface area contributed by atoms with Crippen LogP contribution in [0.1, 0.15) is 30.0 Å². The molecular weight excluding hydrogens is 332 g/mol. The summed E-state index contributed by atoms with van der Waals surface area (Å²) in [7, 11) is 0.509. The summed E-state index contributed by atoms with van der Waals surface area (Å²) in [4.78, 5) is 2.45. The Morgan fingerprint density at radius 2 is 1.64 bits per heavy atom. The molecule has 0 amide bonds. The second-order valence-electron chi connectivity index (χ2n) is 6.78. The van der Waals surface area contributed by atoms with E-state index in [0.717, 1.165) is 30.5 Å². The van der Waals surface area contributed by atoms with Crippen LogP contribution in [0, 0.1) is 0 Å². The van der Waals surface area contributed by atoms with Gasteiger partial charge in [0.05, 0.1) is 4.90 Å². The number of sulfonamides is 1. The Morgan fingerprint density at radius 3 is 2.28 bits per heavy atom. The van der Waals surface area contributed by atoms with E-state index in [1.165, 1.54) is 11.1 Å². The van der Waals surface area contributed by atoms with Crippen LogP contribution in [0.25, 0.3) is 0 Å². The molecular formula is C20H26N2O2S. The standard InChI is InChI=1S/C20H26N2O2S/c1-4-22(15-16-8-11-19(12-9-16)21(2)3)25(23,24)20-13-10-17-6-5-7-18(17)14-20/h8-14H,4-7,15H2,1-3H3. The number of benzene rings is 2. The zero-order valence-electron chi connectivity index (χ0n) is 15.2. The number of rotatable bonds is 6. The molecule has 0 radical (unpaired) electrons. The maximum absolute atomic E-state index is 13.1. The Labute approximate surface area is 151 Å². The lowest BCUT2D eigenvalue weighted by Gasteiger charge is -2.21. The Morgan fingerprint density at radius 1 is 0.960 bits per heavy atom. The van der Waals surface area contributed by atoms with Crippen LogP contribution in [0.3, 0.4) is 0 Å². The molecule has 25 heavy (non-hydrogen) atoms. The topological polar surface area (TPSA) is 40.6 Å². The first-order valence-corrected chi connectivity index (χ1v) is 10.2. The van der Waals surface area contributed by atoms with Gasteiger partial charge in [0.2, 0.25) is 10.0 Å². The first-order valence-electron chi connectivity index (χ1n) is 8.80. The summed E-state index contributed by atoms with van der Waals surface area (Å²) in [6.45, 7) is 2.73. The fourth-order valence-electron chi connectivity index (χ4n) is 3.33. The number of hydrogen-bond donors (Lipinski definition) is 0. The third-order valence-electron chi connectivity index (χ3n) is 4.87. The lowest BCUT2D eigenvalue weighted by molar-refractivity contribution is 0.423. The number of aryl methyl sites for hydroxylation is 2. The summed E-state index contributed by atoms with van der Waals surface area (Å²) in [5, 5.41) is 0. The van der Waals surface area contributed by atoms with Gasteiger partial charge in [-0.3, -0.25) is 0 Å². The summed E-state index contributed by atoms with van der Waals surface area (Å²) < 4.78 is 27.7. The summed E-state index contributed by atoms with van der Waals surface area (Å²) in [6, 6.07) is 13.6. The third-order valence-corrected chi connectivity index (χ3v) is 6.79. The van der Waals surface area contributed by atoms with Crippen molar-refractivity contribution in [3.63, 3.8) is 0 Å². The highest BCUT2D eigenvalue weighted by Gasteiger charge is 2.25. The molecule has 1 aliphatic carbocycles. The third kappa shape index (κ3) is 3.72. The van der Waals surface area contributed by atoms with Gasteiger partial charge in [-0.2, -0.15) is 4.31 Å². The van der Waals surface area contributed by atoms with Gasteiger partial charge in [-0.25, -0.2) is 8.42 Å². The molecule has 0 aromatic heterocycles. The minimum absolute atomic E-state index is 0.392. The van der Waals surface area contributed by atoms with Crippen molar-refractivity contribution in [1.29, 1.82) is 0 Å². The SMILES string of the molecule is CCN(Cc1ccc(N(C)C)cc1)S(=O)(=O)c1ccc2c(c1)CCC2. The van der Waals surface area contributed by atoms with Crippen molar-refractivity contribution in [2.24, 2.45) is 0 Å². The van der Waals surface area contributed by atoms with E-state index in [-0.39, 0.29) is 0 Å². The molecule has 0 saturated heterocycles. The predicted molar refractivity (Wildman–Crippen MR) is 103 cm³/mol. The quantitative estimate of drug-likeness (QED) is 0.794. The molecule has 134 valence electrons. The highest BCUT2D eigenvalue weighted by Crippen LogP contribution is 2.27. The van der Waals surface area contributed by atoms with Gasteiger partial charge in [0.1, 0.15) is 0 Å². The Hall–Kier alpha value is -1.85. The van der Waals surface area contributed by atoms with E-state index >= 15 is 0 Å². The molecule has 5 heteroatoms. The van der Waals surface area contributed by atoms with Gasteiger partial charge in [-0.15, -0.1) is 0 Å². The molecule has 0 heterocycles. The summed E-state index contributed by atoms with van der Waals surface area (Å²) in [5.74, 6) is 0. The first-order chi connectivity index (χ1) is 11.9. The van der Waals surface area contributed by atoms with Crippen molar-refractivity contribution in [1.82, 2.24) is 4.31 Å². The van der Waals surface area contributed by atoms with E-state index in [4.69, 9.17) is 0 Å². The van der Waals surface area contributed by atoms with E-state index in [0.29, 0.717) is 18.0 Å². The monoisotopic (exact) mass is 358 g/mol. The number of nitrogens with zero attached hydrogens (tertiary/aromatic N) is 2. The van der Waals surface area contributed by atoms with Crippen LogP contribution in [0.15, 0.2) is 47.4 Å². The molecule has 0 spiro atoms. The van der Waals surface area contributed by atoms with Crippen LogP contribution in [0.5, 0.6) is 0 Å². The average Bonchev–Trinajstić information content (AvgIpc) is 3.07. The minimum Gasteiger partial charge on any atom is -0.378 e. The molecule has 0 N–H and O–H groups in total. The van der Waals surface area contributed by atoms with Crippen LogP contribution in [-0.4, -0.2) is 33.4 Å². The van der Waals surface area contributed by atoms with E-state index in [1.54, 1.807) is 10.4 Å². The Kier molecular flexibility index (Phi) is 5.16. The molecule has 4 nitrogen and oxygen atoms in total. The lowest BCUT2D eigenvalue weighted by Crippen LogP contribution is -2.30. The molecule has 0 atom stereocenters. The largest absolute Gasteiger partial charge is 0.378 e. The van der Waals surface area contributed by atoms with Crippen molar-refractivity contribution in [3.05, 3.63) is 59.2 Å². The van der Waals surface area contributed by atoms with Crippen LogP contribution in [0.4, 0.5) is 5.69 Å². The number of hydrogen-bond acceptors (Lipinski definition) is 3. The second kappa shape index (κ2) is 7.18. The number of fused-ring (bicyclic) bond motifs is 1. The summed E-state index contributed by atoms with van der Waals surface area (Å²) in [5.41, 5.74) is 4.58. The normalized spacial score (nSPS) is 13.9. The van der Waals surface area contributed by atoms with Crippen molar-refractivity contribution < 1.29 is 8.42 Å². The van der Waals surface area contributed by atoms with Crippen LogP contribution >= 0.6 is 0 Å². The molecule has 0 aliphatic heterocycles. The van der Waals surface area contributed by atoms with Crippen molar-refractivity contribution in [3.8, 4) is 0 Å². The van der Waals surface area contributed by atoms with Crippen molar-refractivity contribution >= 4 is 15.7 Å². The Bertz CT molecular complexity index is 842. The molecule has 1 aliphatic rings.